The minimum Gasteiger partial charge on any atom is -0.487 e. The van der Waals surface area contributed by atoms with E-state index in [4.69, 9.17) is 4.74 Å². The highest BCUT2D eigenvalue weighted by Gasteiger charge is 2.43. The number of piperidine rings is 1. The molecule has 1 spiro atoms. The SMILES string of the molecule is O=C(C[C@@H]1CC2(CCN(Cc3cccnc3)CC2)Oc2ccccc21)N1CCCC1. The zero-order valence-corrected chi connectivity index (χ0v) is 17.6. The van der Waals surface area contributed by atoms with Gasteiger partial charge in [-0.25, -0.2) is 0 Å². The van der Waals surface area contributed by atoms with Crippen molar-refractivity contribution >= 4 is 5.91 Å². The maximum atomic E-state index is 12.9. The maximum absolute atomic E-state index is 12.9. The van der Waals surface area contributed by atoms with Crippen LogP contribution < -0.4 is 4.74 Å². The van der Waals surface area contributed by atoms with Crippen molar-refractivity contribution in [3.05, 3.63) is 59.9 Å². The molecule has 0 bridgehead atoms. The number of para-hydroxylation sites is 1. The topological polar surface area (TPSA) is 45.7 Å². The van der Waals surface area contributed by atoms with E-state index < -0.39 is 0 Å². The predicted molar refractivity (Wildman–Crippen MR) is 116 cm³/mol. The highest BCUT2D eigenvalue weighted by Crippen LogP contribution is 2.46. The van der Waals surface area contributed by atoms with E-state index in [1.54, 1.807) is 0 Å². The highest BCUT2D eigenvalue weighted by molar-refractivity contribution is 5.77. The van der Waals surface area contributed by atoms with Crippen LogP contribution in [0.5, 0.6) is 5.75 Å². The quantitative estimate of drug-likeness (QED) is 0.771. The van der Waals surface area contributed by atoms with Crippen molar-refractivity contribution in [3.63, 3.8) is 0 Å². The summed E-state index contributed by atoms with van der Waals surface area (Å²) < 4.78 is 6.63. The summed E-state index contributed by atoms with van der Waals surface area (Å²) in [7, 11) is 0. The number of hydrogen-bond donors (Lipinski definition) is 0. The average molecular weight is 406 g/mol. The Morgan fingerprint density at radius 3 is 2.63 bits per heavy atom. The Morgan fingerprint density at radius 1 is 1.07 bits per heavy atom. The van der Waals surface area contributed by atoms with Crippen LogP contribution in [-0.4, -0.2) is 52.5 Å². The van der Waals surface area contributed by atoms with Gasteiger partial charge in [0.2, 0.25) is 5.91 Å². The van der Waals surface area contributed by atoms with Gasteiger partial charge in [-0.05, 0) is 55.4 Å². The van der Waals surface area contributed by atoms with Gasteiger partial charge in [-0.1, -0.05) is 24.3 Å². The van der Waals surface area contributed by atoms with Gasteiger partial charge in [0.15, 0.2) is 0 Å². The zero-order valence-electron chi connectivity index (χ0n) is 17.6. The number of hydrogen-bond acceptors (Lipinski definition) is 4. The first kappa shape index (κ1) is 19.6. The van der Waals surface area contributed by atoms with Gasteiger partial charge in [0, 0.05) is 57.5 Å². The van der Waals surface area contributed by atoms with Crippen LogP contribution in [0.4, 0.5) is 0 Å². The highest BCUT2D eigenvalue weighted by atomic mass is 16.5. The number of pyridine rings is 1. The van der Waals surface area contributed by atoms with Crippen molar-refractivity contribution in [2.75, 3.05) is 26.2 Å². The van der Waals surface area contributed by atoms with E-state index in [1.165, 1.54) is 11.1 Å². The van der Waals surface area contributed by atoms with Crippen molar-refractivity contribution in [2.45, 2.75) is 56.6 Å². The molecule has 1 aromatic heterocycles. The number of amides is 1. The molecule has 2 saturated heterocycles. The largest absolute Gasteiger partial charge is 0.487 e. The first-order valence-electron chi connectivity index (χ1n) is 11.4. The third-order valence-corrected chi connectivity index (χ3v) is 7.08. The Hall–Kier alpha value is -2.40. The second-order valence-electron chi connectivity index (χ2n) is 9.15. The van der Waals surface area contributed by atoms with E-state index in [-0.39, 0.29) is 11.5 Å². The molecule has 0 saturated carbocycles. The second-order valence-corrected chi connectivity index (χ2v) is 9.15. The molecule has 158 valence electrons. The lowest BCUT2D eigenvalue weighted by atomic mass is 9.76. The molecule has 0 radical (unpaired) electrons. The Bertz CT molecular complexity index is 871. The average Bonchev–Trinajstić information content (AvgIpc) is 3.32. The molecule has 0 N–H and O–H groups in total. The Balaban J connectivity index is 1.29. The standard InChI is InChI=1S/C25H31N3O2/c29-24(28-12-3-4-13-28)16-21-17-25(30-23-8-2-1-7-22(21)23)9-14-27(15-10-25)19-20-6-5-11-26-18-20/h1-2,5-8,11,18,21H,3-4,9-10,12-17,19H2/t21-/m1/s1. The fraction of sp³-hybridized carbons (Fsp3) is 0.520. The lowest BCUT2D eigenvalue weighted by Gasteiger charge is -2.47. The summed E-state index contributed by atoms with van der Waals surface area (Å²) in [6, 6.07) is 12.5. The molecule has 2 fully saturated rings. The number of aromatic nitrogens is 1. The molecule has 2 aromatic rings. The molecule has 3 aliphatic heterocycles. The molecular formula is C25H31N3O2. The van der Waals surface area contributed by atoms with Crippen LogP contribution in [-0.2, 0) is 11.3 Å². The van der Waals surface area contributed by atoms with Crippen LogP contribution in [0.15, 0.2) is 48.8 Å². The molecule has 1 aromatic carbocycles. The van der Waals surface area contributed by atoms with Gasteiger partial charge >= 0.3 is 0 Å². The van der Waals surface area contributed by atoms with Crippen LogP contribution >= 0.6 is 0 Å². The molecule has 4 heterocycles. The van der Waals surface area contributed by atoms with E-state index in [1.807, 2.05) is 18.5 Å². The monoisotopic (exact) mass is 405 g/mol. The van der Waals surface area contributed by atoms with Gasteiger partial charge in [0.1, 0.15) is 11.4 Å². The van der Waals surface area contributed by atoms with Crippen LogP contribution in [0.2, 0.25) is 0 Å². The van der Waals surface area contributed by atoms with Crippen molar-refractivity contribution in [2.24, 2.45) is 0 Å². The van der Waals surface area contributed by atoms with Gasteiger partial charge in [-0.15, -0.1) is 0 Å². The van der Waals surface area contributed by atoms with E-state index in [0.717, 1.165) is 70.6 Å². The zero-order chi connectivity index (χ0) is 20.4. The summed E-state index contributed by atoms with van der Waals surface area (Å²) in [6.07, 6.45) is 9.65. The van der Waals surface area contributed by atoms with Gasteiger partial charge in [-0.3, -0.25) is 14.7 Å². The fourth-order valence-corrected chi connectivity index (χ4v) is 5.41. The van der Waals surface area contributed by atoms with E-state index in [0.29, 0.717) is 12.3 Å². The van der Waals surface area contributed by atoms with E-state index in [9.17, 15) is 4.79 Å². The molecular weight excluding hydrogens is 374 g/mol. The van der Waals surface area contributed by atoms with Gasteiger partial charge in [0.05, 0.1) is 0 Å². The second kappa shape index (κ2) is 8.38. The van der Waals surface area contributed by atoms with Gasteiger partial charge in [0.25, 0.3) is 0 Å². The molecule has 5 nitrogen and oxygen atoms in total. The first-order valence-corrected chi connectivity index (χ1v) is 11.4. The number of fused-ring (bicyclic) bond motifs is 1. The van der Waals surface area contributed by atoms with Crippen molar-refractivity contribution < 1.29 is 9.53 Å². The first-order chi connectivity index (χ1) is 14.7. The minimum atomic E-state index is -0.143. The summed E-state index contributed by atoms with van der Waals surface area (Å²) in [5.74, 6) is 1.56. The van der Waals surface area contributed by atoms with Crippen LogP contribution in [0.3, 0.4) is 0 Å². The van der Waals surface area contributed by atoms with Crippen LogP contribution in [0.25, 0.3) is 0 Å². The summed E-state index contributed by atoms with van der Waals surface area (Å²) in [5, 5.41) is 0. The third kappa shape index (κ3) is 4.08. The molecule has 5 rings (SSSR count). The van der Waals surface area contributed by atoms with Crippen molar-refractivity contribution in [3.8, 4) is 5.75 Å². The molecule has 1 amide bonds. The number of nitrogens with zero attached hydrogens (tertiary/aromatic N) is 3. The molecule has 30 heavy (non-hydrogen) atoms. The van der Waals surface area contributed by atoms with Crippen molar-refractivity contribution in [1.82, 2.24) is 14.8 Å². The predicted octanol–water partition coefficient (Wildman–Crippen LogP) is 4.00. The Labute approximate surface area is 179 Å². The molecule has 5 heteroatoms. The number of carbonyl (C=O) groups excluding carboxylic acids is 1. The number of ether oxygens (including phenoxy) is 1. The van der Waals surface area contributed by atoms with Gasteiger partial charge < -0.3 is 9.64 Å². The summed E-state index contributed by atoms with van der Waals surface area (Å²) in [6.45, 7) is 4.83. The summed E-state index contributed by atoms with van der Waals surface area (Å²) in [4.78, 5) is 21.7. The molecule has 0 aliphatic carbocycles. The lowest BCUT2D eigenvalue weighted by Crippen LogP contribution is -2.50. The Kier molecular flexibility index (Phi) is 5.47. The fourth-order valence-electron chi connectivity index (χ4n) is 5.41. The normalized spacial score (nSPS) is 23.2. The minimum absolute atomic E-state index is 0.143. The van der Waals surface area contributed by atoms with Crippen LogP contribution in [0, 0.1) is 0 Å². The van der Waals surface area contributed by atoms with Crippen molar-refractivity contribution in [1.29, 1.82) is 0 Å². The number of rotatable bonds is 4. The number of benzene rings is 1. The molecule has 0 unspecified atom stereocenters. The molecule has 3 aliphatic rings. The lowest BCUT2D eigenvalue weighted by molar-refractivity contribution is -0.131. The van der Waals surface area contributed by atoms with Gasteiger partial charge in [-0.2, -0.15) is 0 Å². The Morgan fingerprint density at radius 2 is 1.87 bits per heavy atom. The summed E-state index contributed by atoms with van der Waals surface area (Å²) in [5.41, 5.74) is 2.33. The molecule has 1 atom stereocenters. The smallest absolute Gasteiger partial charge is 0.223 e. The van der Waals surface area contributed by atoms with E-state index in [2.05, 4.69) is 45.1 Å². The van der Waals surface area contributed by atoms with E-state index >= 15 is 0 Å². The van der Waals surface area contributed by atoms with Crippen LogP contribution in [0.1, 0.15) is 55.6 Å². The summed E-state index contributed by atoms with van der Waals surface area (Å²) >= 11 is 0. The number of likely N-dealkylation sites (tertiary alicyclic amines) is 2. The third-order valence-electron chi connectivity index (χ3n) is 7.08. The maximum Gasteiger partial charge on any atom is 0.223 e. The number of carbonyl (C=O) groups is 1.